The molecule has 1 aliphatic rings. The molecule has 0 spiro atoms. The van der Waals surface area contributed by atoms with Gasteiger partial charge in [-0.3, -0.25) is 19.3 Å². The van der Waals surface area contributed by atoms with E-state index in [0.29, 0.717) is 10.6 Å². The van der Waals surface area contributed by atoms with Crippen LogP contribution in [0, 0.1) is 13.8 Å². The number of esters is 2. The van der Waals surface area contributed by atoms with E-state index < -0.39 is 48.5 Å². The number of carbonyl (C=O) groups is 5. The average molecular weight is 425 g/mol. The molecule has 10 nitrogen and oxygen atoms in total. The van der Waals surface area contributed by atoms with Gasteiger partial charge in [-0.15, -0.1) is 11.3 Å². The molecule has 0 unspecified atom stereocenters. The normalized spacial score (nSPS) is 15.1. The van der Waals surface area contributed by atoms with Crippen molar-refractivity contribution in [2.45, 2.75) is 40.2 Å². The van der Waals surface area contributed by atoms with Crippen LogP contribution >= 0.6 is 11.3 Å². The van der Waals surface area contributed by atoms with E-state index in [9.17, 15) is 24.0 Å². The van der Waals surface area contributed by atoms with Crippen LogP contribution in [0.25, 0.3) is 0 Å². The lowest BCUT2D eigenvalue weighted by Gasteiger charge is -2.15. The third kappa shape index (κ3) is 4.91. The predicted octanol–water partition coefficient (Wildman–Crippen LogP) is 1.35. The van der Waals surface area contributed by atoms with Gasteiger partial charge in [-0.2, -0.15) is 0 Å². The molecule has 1 aromatic heterocycles. The number of imide groups is 1. The van der Waals surface area contributed by atoms with Crippen LogP contribution in [0.15, 0.2) is 0 Å². The monoisotopic (exact) mass is 425 g/mol. The first-order chi connectivity index (χ1) is 13.5. The molecule has 0 saturated carbocycles. The van der Waals surface area contributed by atoms with E-state index >= 15 is 0 Å². The summed E-state index contributed by atoms with van der Waals surface area (Å²) in [6, 6.07) is -0.704. The number of thiophene rings is 1. The van der Waals surface area contributed by atoms with Crippen molar-refractivity contribution < 1.29 is 33.4 Å². The van der Waals surface area contributed by atoms with Crippen molar-refractivity contribution in [3.63, 3.8) is 0 Å². The zero-order valence-corrected chi connectivity index (χ0v) is 17.7. The maximum absolute atomic E-state index is 12.1. The summed E-state index contributed by atoms with van der Waals surface area (Å²) in [4.78, 5) is 61.6. The minimum absolute atomic E-state index is 0.192. The number of hydrogen-bond acceptors (Lipinski definition) is 8. The molecule has 0 atom stereocenters. The highest BCUT2D eigenvalue weighted by atomic mass is 32.1. The fourth-order valence-electron chi connectivity index (χ4n) is 2.61. The lowest BCUT2D eigenvalue weighted by atomic mass is 10.1. The topological polar surface area (TPSA) is 131 Å². The molecule has 0 aromatic carbocycles. The Balaban J connectivity index is 1.95. The Morgan fingerprint density at radius 1 is 1.17 bits per heavy atom. The molecule has 2 N–H and O–H groups in total. The number of urea groups is 1. The van der Waals surface area contributed by atoms with Gasteiger partial charge in [-0.1, -0.05) is 0 Å². The Labute approximate surface area is 171 Å². The second kappa shape index (κ2) is 8.60. The highest BCUT2D eigenvalue weighted by molar-refractivity contribution is 7.16. The highest BCUT2D eigenvalue weighted by Gasteiger charge is 2.45. The first-order valence-corrected chi connectivity index (χ1v) is 9.66. The van der Waals surface area contributed by atoms with Crippen molar-refractivity contribution in [2.75, 3.05) is 25.1 Å². The Kier molecular flexibility index (Phi) is 6.62. The molecule has 2 heterocycles. The fourth-order valence-corrected chi connectivity index (χ4v) is 3.67. The summed E-state index contributed by atoms with van der Waals surface area (Å²) in [5.74, 6) is -2.69. The number of nitrogens with one attached hydrogen (secondary N) is 2. The number of anilines is 1. The van der Waals surface area contributed by atoms with E-state index in [4.69, 9.17) is 9.47 Å². The molecular formula is C18H23N3O7S. The van der Waals surface area contributed by atoms with E-state index in [1.165, 1.54) is 25.2 Å². The lowest BCUT2D eigenvalue weighted by molar-refractivity contribution is -0.150. The number of carbonyl (C=O) groups excluding carboxylic acids is 5. The van der Waals surface area contributed by atoms with Gasteiger partial charge in [0.25, 0.3) is 11.8 Å². The predicted molar refractivity (Wildman–Crippen MR) is 104 cm³/mol. The Morgan fingerprint density at radius 2 is 1.83 bits per heavy atom. The van der Waals surface area contributed by atoms with Crippen LogP contribution in [0.5, 0.6) is 0 Å². The zero-order chi connectivity index (χ0) is 21.9. The van der Waals surface area contributed by atoms with E-state index in [-0.39, 0.29) is 12.2 Å². The largest absolute Gasteiger partial charge is 0.462 e. The van der Waals surface area contributed by atoms with Crippen molar-refractivity contribution >= 4 is 46.1 Å². The Hall–Kier alpha value is -2.95. The minimum Gasteiger partial charge on any atom is -0.462 e. The second-order valence-electron chi connectivity index (χ2n) is 6.86. The SMILES string of the molecule is CCOC(=O)c1c(NC(=O)COC(=O)CN2C(=O)NC(C)(C)C2=O)sc(C)c1C. The van der Waals surface area contributed by atoms with E-state index in [0.717, 1.165) is 9.78 Å². The van der Waals surface area contributed by atoms with Crippen LogP contribution in [-0.2, 0) is 23.9 Å². The standard InChI is InChI=1S/C18H23N3O7S/c1-6-27-15(24)13-9(2)10(3)29-14(13)19-11(22)8-28-12(23)7-21-16(25)18(4,5)20-17(21)26/h6-8H2,1-5H3,(H,19,22)(H,20,26). The minimum atomic E-state index is -1.10. The summed E-state index contributed by atoms with van der Waals surface area (Å²) in [7, 11) is 0. The fraction of sp³-hybridized carbons (Fsp3) is 0.500. The van der Waals surface area contributed by atoms with E-state index in [2.05, 4.69) is 10.6 Å². The van der Waals surface area contributed by atoms with Crippen LogP contribution in [0.4, 0.5) is 9.80 Å². The van der Waals surface area contributed by atoms with Crippen molar-refractivity contribution in [1.82, 2.24) is 10.2 Å². The molecular weight excluding hydrogens is 402 g/mol. The van der Waals surface area contributed by atoms with Gasteiger partial charge >= 0.3 is 18.0 Å². The number of amides is 4. The highest BCUT2D eigenvalue weighted by Crippen LogP contribution is 2.33. The van der Waals surface area contributed by atoms with Crippen molar-refractivity contribution in [1.29, 1.82) is 0 Å². The number of aryl methyl sites for hydroxylation is 1. The van der Waals surface area contributed by atoms with Gasteiger partial charge in [0.2, 0.25) is 0 Å². The van der Waals surface area contributed by atoms with Crippen molar-refractivity contribution in [3.05, 3.63) is 16.0 Å². The number of ether oxygens (including phenoxy) is 2. The summed E-state index contributed by atoms with van der Waals surface area (Å²) in [5, 5.41) is 5.27. The molecule has 1 aromatic rings. The van der Waals surface area contributed by atoms with E-state index in [1.807, 2.05) is 0 Å². The van der Waals surface area contributed by atoms with Gasteiger partial charge in [0.1, 0.15) is 17.1 Å². The molecule has 1 aliphatic heterocycles. The lowest BCUT2D eigenvalue weighted by Crippen LogP contribution is -2.41. The van der Waals surface area contributed by atoms with Crippen molar-refractivity contribution in [3.8, 4) is 0 Å². The van der Waals surface area contributed by atoms with Crippen LogP contribution in [0.1, 0.15) is 41.6 Å². The molecule has 158 valence electrons. The third-order valence-corrected chi connectivity index (χ3v) is 5.34. The van der Waals surface area contributed by atoms with Gasteiger partial charge < -0.3 is 20.1 Å². The third-order valence-electron chi connectivity index (χ3n) is 4.21. The van der Waals surface area contributed by atoms with Crippen molar-refractivity contribution in [2.24, 2.45) is 0 Å². The summed E-state index contributed by atoms with van der Waals surface area (Å²) >= 11 is 1.21. The maximum Gasteiger partial charge on any atom is 0.341 e. The summed E-state index contributed by atoms with van der Waals surface area (Å²) in [6.45, 7) is 7.20. The average Bonchev–Trinajstić information content (AvgIpc) is 3.00. The molecule has 4 amide bonds. The molecule has 1 saturated heterocycles. The summed E-state index contributed by atoms with van der Waals surface area (Å²) < 4.78 is 9.86. The smallest absolute Gasteiger partial charge is 0.341 e. The number of rotatable bonds is 7. The van der Waals surface area contributed by atoms with Gasteiger partial charge in [-0.05, 0) is 40.2 Å². The molecule has 29 heavy (non-hydrogen) atoms. The molecule has 1 fully saturated rings. The van der Waals surface area contributed by atoms with Gasteiger partial charge in [0, 0.05) is 4.88 Å². The Bertz CT molecular complexity index is 875. The van der Waals surface area contributed by atoms with Crippen LogP contribution in [-0.4, -0.2) is 60.0 Å². The van der Waals surface area contributed by atoms with Crippen LogP contribution < -0.4 is 10.6 Å². The van der Waals surface area contributed by atoms with Crippen LogP contribution in [0.2, 0.25) is 0 Å². The van der Waals surface area contributed by atoms with Crippen LogP contribution in [0.3, 0.4) is 0 Å². The quantitative estimate of drug-likeness (QED) is 0.498. The maximum atomic E-state index is 12.1. The molecule has 0 radical (unpaired) electrons. The summed E-state index contributed by atoms with van der Waals surface area (Å²) in [5.41, 5.74) is -0.148. The van der Waals surface area contributed by atoms with Gasteiger partial charge in [0.05, 0.1) is 12.2 Å². The second-order valence-corrected chi connectivity index (χ2v) is 8.09. The first-order valence-electron chi connectivity index (χ1n) is 8.84. The number of nitrogens with zero attached hydrogens (tertiary/aromatic N) is 1. The van der Waals surface area contributed by atoms with E-state index in [1.54, 1.807) is 20.8 Å². The number of hydrogen-bond donors (Lipinski definition) is 2. The first kappa shape index (κ1) is 22.3. The molecule has 0 bridgehead atoms. The van der Waals surface area contributed by atoms with Gasteiger partial charge in [0.15, 0.2) is 6.61 Å². The summed E-state index contributed by atoms with van der Waals surface area (Å²) in [6.07, 6.45) is 0. The zero-order valence-electron chi connectivity index (χ0n) is 16.8. The molecule has 11 heteroatoms. The molecule has 0 aliphatic carbocycles. The molecule has 2 rings (SSSR count). The van der Waals surface area contributed by atoms with Gasteiger partial charge in [-0.25, -0.2) is 9.59 Å². The Morgan fingerprint density at radius 3 is 2.38 bits per heavy atom.